The number of rotatable bonds is 1. The zero-order valence-electron chi connectivity index (χ0n) is 10.8. The second-order valence-corrected chi connectivity index (χ2v) is 5.63. The Kier molecular flexibility index (Phi) is 3.68. The van der Waals surface area contributed by atoms with E-state index in [1.807, 2.05) is 23.1 Å². The third-order valence-corrected chi connectivity index (χ3v) is 4.26. The Hall–Kier alpha value is -1.51. The molecule has 0 saturated carbocycles. The van der Waals surface area contributed by atoms with Crippen molar-refractivity contribution in [2.24, 2.45) is 0 Å². The lowest BCUT2D eigenvalue weighted by molar-refractivity contribution is 0.0985. The Morgan fingerprint density at radius 1 is 1.05 bits per heavy atom. The molecule has 0 fully saturated rings. The third-order valence-electron chi connectivity index (χ3n) is 3.52. The highest BCUT2D eigenvalue weighted by Crippen LogP contribution is 2.29. The number of aryl methyl sites for hydroxylation is 1. The summed E-state index contributed by atoms with van der Waals surface area (Å²) >= 11 is 11.9. The molecule has 102 valence electrons. The van der Waals surface area contributed by atoms with Gasteiger partial charge in [0.2, 0.25) is 0 Å². The molecule has 0 aromatic heterocycles. The van der Waals surface area contributed by atoms with Crippen molar-refractivity contribution in [1.82, 2.24) is 0 Å². The largest absolute Gasteiger partial charge is 0.308 e. The quantitative estimate of drug-likeness (QED) is 0.755. The van der Waals surface area contributed by atoms with E-state index < -0.39 is 0 Å². The van der Waals surface area contributed by atoms with E-state index in [2.05, 4.69) is 6.07 Å². The van der Waals surface area contributed by atoms with Crippen LogP contribution in [-0.2, 0) is 6.42 Å². The first kappa shape index (κ1) is 13.5. The van der Waals surface area contributed by atoms with Crippen LogP contribution in [0.25, 0.3) is 0 Å². The van der Waals surface area contributed by atoms with Crippen molar-refractivity contribution in [3.05, 3.63) is 63.6 Å². The van der Waals surface area contributed by atoms with Crippen molar-refractivity contribution >= 4 is 34.8 Å². The van der Waals surface area contributed by atoms with Crippen molar-refractivity contribution in [3.63, 3.8) is 0 Å². The molecular weight excluding hydrogens is 293 g/mol. The van der Waals surface area contributed by atoms with Crippen molar-refractivity contribution < 1.29 is 4.79 Å². The van der Waals surface area contributed by atoms with Crippen molar-refractivity contribution in [1.29, 1.82) is 0 Å². The summed E-state index contributed by atoms with van der Waals surface area (Å²) in [4.78, 5) is 14.5. The Labute approximate surface area is 127 Å². The number of fused-ring (bicyclic) bond motifs is 1. The monoisotopic (exact) mass is 305 g/mol. The molecule has 1 aliphatic rings. The lowest BCUT2D eigenvalue weighted by atomic mass is 10.0. The predicted octanol–water partition coefficient (Wildman–Crippen LogP) is 4.59. The Balaban J connectivity index is 1.97. The molecule has 0 unspecified atom stereocenters. The van der Waals surface area contributed by atoms with Gasteiger partial charge < -0.3 is 4.90 Å². The van der Waals surface area contributed by atoms with Crippen molar-refractivity contribution in [2.75, 3.05) is 11.4 Å². The van der Waals surface area contributed by atoms with Crippen LogP contribution < -0.4 is 4.90 Å². The van der Waals surface area contributed by atoms with Crippen LogP contribution in [-0.4, -0.2) is 12.5 Å². The van der Waals surface area contributed by atoms with Gasteiger partial charge in [-0.1, -0.05) is 41.4 Å². The maximum absolute atomic E-state index is 12.7. The molecule has 0 N–H and O–H groups in total. The first-order chi connectivity index (χ1) is 9.66. The van der Waals surface area contributed by atoms with E-state index in [9.17, 15) is 4.79 Å². The fraction of sp³-hybridized carbons (Fsp3) is 0.188. The number of halogens is 2. The fourth-order valence-electron chi connectivity index (χ4n) is 2.53. The van der Waals surface area contributed by atoms with Gasteiger partial charge in [0.05, 0.1) is 10.0 Å². The van der Waals surface area contributed by atoms with Gasteiger partial charge in [0.1, 0.15) is 0 Å². The van der Waals surface area contributed by atoms with Gasteiger partial charge in [0.15, 0.2) is 0 Å². The van der Waals surface area contributed by atoms with Crippen LogP contribution in [0.1, 0.15) is 22.3 Å². The number of benzene rings is 2. The predicted molar refractivity (Wildman–Crippen MR) is 82.9 cm³/mol. The molecular formula is C16H13Cl2NO. The Morgan fingerprint density at radius 2 is 1.85 bits per heavy atom. The average molecular weight is 306 g/mol. The number of carbonyl (C=O) groups excluding carboxylic acids is 1. The Bertz CT molecular complexity index is 669. The van der Waals surface area contributed by atoms with Crippen LogP contribution in [0.15, 0.2) is 42.5 Å². The summed E-state index contributed by atoms with van der Waals surface area (Å²) in [5.74, 6) is -0.0317. The molecule has 2 nitrogen and oxygen atoms in total. The van der Waals surface area contributed by atoms with Gasteiger partial charge in [0.25, 0.3) is 5.91 Å². The van der Waals surface area contributed by atoms with Crippen LogP contribution in [0.4, 0.5) is 5.69 Å². The van der Waals surface area contributed by atoms with E-state index in [1.54, 1.807) is 18.2 Å². The molecule has 0 saturated heterocycles. The van der Waals surface area contributed by atoms with E-state index >= 15 is 0 Å². The fourth-order valence-corrected chi connectivity index (χ4v) is 2.83. The summed E-state index contributed by atoms with van der Waals surface area (Å²) in [7, 11) is 0. The number of amides is 1. The number of anilines is 1. The molecule has 2 aromatic rings. The first-order valence-electron chi connectivity index (χ1n) is 6.51. The molecule has 0 aliphatic carbocycles. The summed E-state index contributed by atoms with van der Waals surface area (Å²) in [6.45, 7) is 0.732. The SMILES string of the molecule is O=C(c1ccc(Cl)c(Cl)c1)N1CCCc2ccccc21. The zero-order chi connectivity index (χ0) is 14.1. The van der Waals surface area contributed by atoms with Crippen LogP contribution in [0.5, 0.6) is 0 Å². The highest BCUT2D eigenvalue weighted by atomic mass is 35.5. The Morgan fingerprint density at radius 3 is 2.65 bits per heavy atom. The molecule has 3 rings (SSSR count). The van der Waals surface area contributed by atoms with Gasteiger partial charge in [-0.3, -0.25) is 4.79 Å². The molecule has 4 heteroatoms. The minimum atomic E-state index is -0.0317. The standard InChI is InChI=1S/C16H13Cl2NO/c17-13-8-7-12(10-14(13)18)16(20)19-9-3-5-11-4-1-2-6-15(11)19/h1-2,4,6-8,10H,3,5,9H2. The molecule has 20 heavy (non-hydrogen) atoms. The molecule has 1 amide bonds. The summed E-state index contributed by atoms with van der Waals surface area (Å²) in [5, 5.41) is 0.866. The zero-order valence-corrected chi connectivity index (χ0v) is 12.3. The van der Waals surface area contributed by atoms with Gasteiger partial charge >= 0.3 is 0 Å². The third kappa shape index (κ3) is 2.41. The molecule has 0 atom stereocenters. The van der Waals surface area contributed by atoms with E-state index in [1.165, 1.54) is 5.56 Å². The normalized spacial score (nSPS) is 14.0. The summed E-state index contributed by atoms with van der Waals surface area (Å²) in [6, 6.07) is 13.0. The van der Waals surface area contributed by atoms with Gasteiger partial charge in [-0.25, -0.2) is 0 Å². The smallest absolute Gasteiger partial charge is 0.258 e. The van der Waals surface area contributed by atoms with Crippen LogP contribution in [0, 0.1) is 0 Å². The average Bonchev–Trinajstić information content (AvgIpc) is 2.49. The molecule has 1 aliphatic heterocycles. The molecule has 0 bridgehead atoms. The number of carbonyl (C=O) groups is 1. The second kappa shape index (κ2) is 5.47. The van der Waals surface area contributed by atoms with Gasteiger partial charge in [-0.2, -0.15) is 0 Å². The highest BCUT2D eigenvalue weighted by molar-refractivity contribution is 6.42. The summed E-state index contributed by atoms with van der Waals surface area (Å²) in [5.41, 5.74) is 2.78. The minimum Gasteiger partial charge on any atom is -0.308 e. The van der Waals surface area contributed by atoms with E-state index in [4.69, 9.17) is 23.2 Å². The van der Waals surface area contributed by atoms with Crippen molar-refractivity contribution in [2.45, 2.75) is 12.8 Å². The summed E-state index contributed by atoms with van der Waals surface area (Å²) in [6.07, 6.45) is 1.99. The maximum Gasteiger partial charge on any atom is 0.258 e. The maximum atomic E-state index is 12.7. The van der Waals surface area contributed by atoms with Crippen LogP contribution >= 0.6 is 23.2 Å². The van der Waals surface area contributed by atoms with Gasteiger partial charge in [-0.05, 0) is 42.7 Å². The minimum absolute atomic E-state index is 0.0317. The van der Waals surface area contributed by atoms with Crippen LogP contribution in [0.2, 0.25) is 10.0 Å². The summed E-state index contributed by atoms with van der Waals surface area (Å²) < 4.78 is 0. The van der Waals surface area contributed by atoms with Gasteiger partial charge in [0, 0.05) is 17.8 Å². The number of hydrogen-bond donors (Lipinski definition) is 0. The molecule has 2 aromatic carbocycles. The van der Waals surface area contributed by atoms with Crippen LogP contribution in [0.3, 0.4) is 0 Å². The van der Waals surface area contributed by atoms with E-state index in [-0.39, 0.29) is 5.91 Å². The molecule has 0 spiro atoms. The van der Waals surface area contributed by atoms with Crippen molar-refractivity contribution in [3.8, 4) is 0 Å². The second-order valence-electron chi connectivity index (χ2n) is 4.82. The number of para-hydroxylation sites is 1. The molecule has 0 radical (unpaired) electrons. The van der Waals surface area contributed by atoms with E-state index in [0.29, 0.717) is 15.6 Å². The topological polar surface area (TPSA) is 20.3 Å². The number of hydrogen-bond acceptors (Lipinski definition) is 1. The lowest BCUT2D eigenvalue weighted by Crippen LogP contribution is -2.35. The van der Waals surface area contributed by atoms with E-state index in [0.717, 1.165) is 25.1 Å². The molecule has 1 heterocycles. The number of nitrogens with zero attached hydrogens (tertiary/aromatic N) is 1. The lowest BCUT2D eigenvalue weighted by Gasteiger charge is -2.29. The first-order valence-corrected chi connectivity index (χ1v) is 7.27. The van der Waals surface area contributed by atoms with Gasteiger partial charge in [-0.15, -0.1) is 0 Å². The highest BCUT2D eigenvalue weighted by Gasteiger charge is 2.23.